The minimum Gasteiger partial charge on any atom is -0.471 e. The molecule has 1 atom stereocenters. The van der Waals surface area contributed by atoms with Crippen LogP contribution in [0.1, 0.15) is 40.5 Å². The number of rotatable bonds is 7. The summed E-state index contributed by atoms with van der Waals surface area (Å²) in [5.41, 5.74) is 2.46. The molecule has 0 bridgehead atoms. The number of hydrogen-bond acceptors (Lipinski definition) is 4. The standard InChI is InChI=1S/C22H22N2O4/c1-2-5-20(28-19-12-10-16(11-13-19)22(26)24-27)23-21(25)18-9-8-15-6-3-4-7-17(15)14-18/h3-4,6-14,20,27H,2,5H2,1H3,(H,23,25)(H,24,26). The highest BCUT2D eigenvalue weighted by atomic mass is 16.5. The van der Waals surface area contributed by atoms with Crippen LogP contribution < -0.4 is 15.5 Å². The molecule has 2 amide bonds. The molecular weight excluding hydrogens is 356 g/mol. The van der Waals surface area contributed by atoms with Crippen molar-refractivity contribution >= 4 is 22.6 Å². The molecule has 6 heteroatoms. The first-order chi connectivity index (χ1) is 13.6. The number of ether oxygens (including phenoxy) is 1. The predicted octanol–water partition coefficient (Wildman–Crippen LogP) is 3.89. The number of nitrogens with one attached hydrogen (secondary N) is 2. The molecule has 6 nitrogen and oxygen atoms in total. The molecule has 3 N–H and O–H groups in total. The lowest BCUT2D eigenvalue weighted by Crippen LogP contribution is -2.39. The highest BCUT2D eigenvalue weighted by Crippen LogP contribution is 2.17. The zero-order chi connectivity index (χ0) is 19.9. The van der Waals surface area contributed by atoms with Gasteiger partial charge in [0.1, 0.15) is 5.75 Å². The fourth-order valence-electron chi connectivity index (χ4n) is 2.90. The van der Waals surface area contributed by atoms with Gasteiger partial charge in [-0.15, -0.1) is 0 Å². The number of fused-ring (bicyclic) bond motifs is 1. The second-order valence-electron chi connectivity index (χ2n) is 6.40. The molecule has 0 aromatic heterocycles. The number of hydroxylamine groups is 1. The monoisotopic (exact) mass is 378 g/mol. The van der Waals surface area contributed by atoms with Gasteiger partial charge in [0, 0.05) is 17.5 Å². The molecule has 3 aromatic carbocycles. The molecule has 0 aliphatic carbocycles. The first-order valence-corrected chi connectivity index (χ1v) is 9.11. The van der Waals surface area contributed by atoms with Crippen molar-refractivity contribution in [2.45, 2.75) is 26.0 Å². The van der Waals surface area contributed by atoms with Crippen LogP contribution in [0.25, 0.3) is 10.8 Å². The van der Waals surface area contributed by atoms with E-state index in [2.05, 4.69) is 5.32 Å². The topological polar surface area (TPSA) is 87.7 Å². The van der Waals surface area contributed by atoms with E-state index in [1.54, 1.807) is 23.7 Å². The highest BCUT2D eigenvalue weighted by molar-refractivity contribution is 5.98. The van der Waals surface area contributed by atoms with Gasteiger partial charge in [0.15, 0.2) is 6.23 Å². The molecule has 0 fully saturated rings. The Hall–Kier alpha value is -3.38. The Labute approximate surface area is 163 Å². The van der Waals surface area contributed by atoms with Crippen molar-refractivity contribution in [3.63, 3.8) is 0 Å². The summed E-state index contributed by atoms with van der Waals surface area (Å²) >= 11 is 0. The molecule has 0 radical (unpaired) electrons. The van der Waals surface area contributed by atoms with E-state index in [1.165, 1.54) is 12.1 Å². The lowest BCUT2D eigenvalue weighted by molar-refractivity contribution is 0.0706. The largest absolute Gasteiger partial charge is 0.471 e. The third kappa shape index (κ3) is 4.66. The summed E-state index contributed by atoms with van der Waals surface area (Å²) in [5, 5.41) is 13.7. The van der Waals surface area contributed by atoms with Gasteiger partial charge < -0.3 is 10.1 Å². The van der Waals surface area contributed by atoms with Gasteiger partial charge in [0.2, 0.25) is 0 Å². The lowest BCUT2D eigenvalue weighted by atomic mass is 10.1. The molecule has 1 unspecified atom stereocenters. The van der Waals surface area contributed by atoms with Crippen LogP contribution in [0.3, 0.4) is 0 Å². The summed E-state index contributed by atoms with van der Waals surface area (Å²) in [7, 11) is 0. The van der Waals surface area contributed by atoms with E-state index in [4.69, 9.17) is 9.94 Å². The highest BCUT2D eigenvalue weighted by Gasteiger charge is 2.15. The van der Waals surface area contributed by atoms with Crippen molar-refractivity contribution in [3.8, 4) is 5.75 Å². The maximum atomic E-state index is 12.7. The molecule has 0 spiro atoms. The number of amides is 2. The van der Waals surface area contributed by atoms with Crippen LogP contribution in [0.5, 0.6) is 5.75 Å². The Morgan fingerprint density at radius 2 is 1.61 bits per heavy atom. The zero-order valence-electron chi connectivity index (χ0n) is 15.5. The van der Waals surface area contributed by atoms with E-state index in [9.17, 15) is 9.59 Å². The molecule has 0 saturated carbocycles. The van der Waals surface area contributed by atoms with Crippen LogP contribution in [0.2, 0.25) is 0 Å². The summed E-state index contributed by atoms with van der Waals surface area (Å²) < 4.78 is 5.88. The van der Waals surface area contributed by atoms with Gasteiger partial charge in [-0.05, 0) is 47.2 Å². The molecule has 0 aliphatic heterocycles. The van der Waals surface area contributed by atoms with Crippen molar-refractivity contribution in [2.24, 2.45) is 0 Å². The Kier molecular flexibility index (Phi) is 6.24. The summed E-state index contributed by atoms with van der Waals surface area (Å²) in [6.07, 6.45) is 0.966. The first-order valence-electron chi connectivity index (χ1n) is 9.11. The summed E-state index contributed by atoms with van der Waals surface area (Å²) in [4.78, 5) is 24.1. The molecule has 3 aromatic rings. The van der Waals surface area contributed by atoms with Crippen molar-refractivity contribution in [3.05, 3.63) is 77.9 Å². The van der Waals surface area contributed by atoms with Crippen LogP contribution in [0.4, 0.5) is 0 Å². The quantitative estimate of drug-likeness (QED) is 0.331. The van der Waals surface area contributed by atoms with Crippen molar-refractivity contribution in [1.29, 1.82) is 0 Å². The third-order valence-corrected chi connectivity index (χ3v) is 4.35. The van der Waals surface area contributed by atoms with Crippen molar-refractivity contribution in [1.82, 2.24) is 10.8 Å². The van der Waals surface area contributed by atoms with E-state index in [1.807, 2.05) is 43.3 Å². The fraction of sp³-hybridized carbons (Fsp3) is 0.182. The van der Waals surface area contributed by atoms with Crippen LogP contribution in [-0.4, -0.2) is 23.2 Å². The summed E-state index contributed by atoms with van der Waals surface area (Å²) in [6.45, 7) is 2.01. The number of benzene rings is 3. The van der Waals surface area contributed by atoms with Gasteiger partial charge in [-0.1, -0.05) is 43.7 Å². The number of hydrogen-bond donors (Lipinski definition) is 3. The lowest BCUT2D eigenvalue weighted by Gasteiger charge is -2.20. The van der Waals surface area contributed by atoms with Crippen molar-refractivity contribution in [2.75, 3.05) is 0 Å². The molecule has 28 heavy (non-hydrogen) atoms. The first kappa shape index (κ1) is 19.4. The second-order valence-corrected chi connectivity index (χ2v) is 6.40. The minimum atomic E-state index is -0.596. The maximum Gasteiger partial charge on any atom is 0.274 e. The van der Waals surface area contributed by atoms with E-state index in [-0.39, 0.29) is 5.91 Å². The van der Waals surface area contributed by atoms with Crippen LogP contribution in [-0.2, 0) is 0 Å². The molecule has 0 aliphatic rings. The second kappa shape index (κ2) is 9.01. The third-order valence-electron chi connectivity index (χ3n) is 4.35. The Bertz CT molecular complexity index is 970. The molecule has 3 rings (SSSR count). The fourth-order valence-corrected chi connectivity index (χ4v) is 2.90. The molecule has 144 valence electrons. The van der Waals surface area contributed by atoms with E-state index >= 15 is 0 Å². The van der Waals surface area contributed by atoms with Crippen LogP contribution in [0, 0.1) is 0 Å². The predicted molar refractivity (Wildman–Crippen MR) is 106 cm³/mol. The Balaban J connectivity index is 1.70. The summed E-state index contributed by atoms with van der Waals surface area (Å²) in [5.74, 6) is -0.284. The van der Waals surface area contributed by atoms with Gasteiger partial charge in [-0.2, -0.15) is 0 Å². The Morgan fingerprint density at radius 1 is 0.929 bits per heavy atom. The number of carbonyl (C=O) groups excluding carboxylic acids is 2. The SMILES string of the molecule is CCCC(NC(=O)c1ccc2ccccc2c1)Oc1ccc(C(=O)NO)cc1. The Morgan fingerprint density at radius 3 is 2.29 bits per heavy atom. The minimum absolute atomic E-state index is 0.208. The van der Waals surface area contributed by atoms with E-state index < -0.39 is 12.1 Å². The average Bonchev–Trinajstić information content (AvgIpc) is 2.73. The normalized spacial score (nSPS) is 11.6. The average molecular weight is 378 g/mol. The van der Waals surface area contributed by atoms with Crippen LogP contribution in [0.15, 0.2) is 66.7 Å². The van der Waals surface area contributed by atoms with Gasteiger partial charge in [-0.25, -0.2) is 5.48 Å². The molecule has 0 saturated heterocycles. The van der Waals surface area contributed by atoms with Crippen LogP contribution >= 0.6 is 0 Å². The zero-order valence-corrected chi connectivity index (χ0v) is 15.5. The van der Waals surface area contributed by atoms with Gasteiger partial charge in [0.25, 0.3) is 11.8 Å². The molecular formula is C22H22N2O4. The maximum absolute atomic E-state index is 12.7. The van der Waals surface area contributed by atoms with E-state index in [0.717, 1.165) is 17.2 Å². The van der Waals surface area contributed by atoms with Gasteiger partial charge in [-0.3, -0.25) is 14.8 Å². The summed E-state index contributed by atoms with van der Waals surface area (Å²) in [6, 6.07) is 19.8. The van der Waals surface area contributed by atoms with E-state index in [0.29, 0.717) is 23.3 Å². The van der Waals surface area contributed by atoms with Crippen molar-refractivity contribution < 1.29 is 19.5 Å². The van der Waals surface area contributed by atoms with Gasteiger partial charge in [0.05, 0.1) is 0 Å². The smallest absolute Gasteiger partial charge is 0.274 e. The number of carbonyl (C=O) groups is 2. The molecule has 0 heterocycles. The van der Waals surface area contributed by atoms with Gasteiger partial charge >= 0.3 is 0 Å².